The molecule has 0 aliphatic heterocycles. The average Bonchev–Trinajstić information content (AvgIpc) is 2.63. The highest BCUT2D eigenvalue weighted by Crippen LogP contribution is 2.54. The first-order valence-corrected chi connectivity index (χ1v) is 10.5. The van der Waals surface area contributed by atoms with Crippen LogP contribution in [0.1, 0.15) is 58.8 Å². The van der Waals surface area contributed by atoms with Gasteiger partial charge in [0, 0.05) is 12.1 Å². The second kappa shape index (κ2) is 8.59. The number of fused-ring (bicyclic) bond motifs is 3. The molecule has 3 atom stereocenters. The van der Waals surface area contributed by atoms with Crippen molar-refractivity contribution in [2.75, 3.05) is 6.61 Å². The van der Waals surface area contributed by atoms with Crippen molar-refractivity contribution in [3.63, 3.8) is 0 Å². The van der Waals surface area contributed by atoms with E-state index in [-0.39, 0.29) is 36.6 Å². The highest BCUT2D eigenvalue weighted by Gasteiger charge is 2.58. The van der Waals surface area contributed by atoms with Crippen molar-refractivity contribution in [3.05, 3.63) is 0 Å². The van der Waals surface area contributed by atoms with E-state index in [2.05, 4.69) is 10.6 Å². The Bertz CT molecular complexity index is 570. The lowest BCUT2D eigenvalue weighted by atomic mass is 9.58. The Morgan fingerprint density at radius 3 is 2.18 bits per heavy atom. The summed E-state index contributed by atoms with van der Waals surface area (Å²) in [7, 11) is 0. The van der Waals surface area contributed by atoms with E-state index in [1.807, 2.05) is 13.8 Å². The first kappa shape index (κ1) is 21.4. The number of nitrogens with one attached hydrogen (secondary N) is 2. The van der Waals surface area contributed by atoms with Crippen molar-refractivity contribution >= 4 is 11.8 Å². The van der Waals surface area contributed by atoms with Gasteiger partial charge < -0.3 is 15.4 Å². The Kier molecular flexibility index (Phi) is 6.57. The first-order chi connectivity index (χ1) is 13.2. The molecule has 0 heterocycles. The number of carbonyl (C=O) groups excluding carboxylic acids is 2. The fourth-order valence-electron chi connectivity index (χ4n) is 5.05. The minimum absolute atomic E-state index is 0.000930. The van der Waals surface area contributed by atoms with Crippen molar-refractivity contribution < 1.29 is 27.5 Å². The third-order valence-corrected chi connectivity index (χ3v) is 6.82. The predicted molar refractivity (Wildman–Crippen MR) is 97.3 cm³/mol. The summed E-state index contributed by atoms with van der Waals surface area (Å²) in [6, 6.07) is -0.220. The third kappa shape index (κ3) is 4.81. The number of hydrogen-bond donors (Lipinski definition) is 2. The number of halogens is 3. The Morgan fingerprint density at radius 1 is 1.04 bits per heavy atom. The fourth-order valence-corrected chi connectivity index (χ4v) is 5.05. The molecule has 1 unspecified atom stereocenters. The van der Waals surface area contributed by atoms with Gasteiger partial charge >= 0.3 is 6.18 Å². The van der Waals surface area contributed by atoms with Gasteiger partial charge in [-0.15, -0.1) is 0 Å². The zero-order valence-corrected chi connectivity index (χ0v) is 16.6. The van der Waals surface area contributed by atoms with E-state index in [4.69, 9.17) is 4.74 Å². The molecular weight excluding hydrogens is 373 g/mol. The molecule has 0 aromatic rings. The van der Waals surface area contributed by atoms with Crippen molar-refractivity contribution in [2.24, 2.45) is 23.7 Å². The normalized spacial score (nSPS) is 35.8. The molecule has 0 spiro atoms. The standard InChI is InChI=1S/C20H31F3N2O3/c1-3-11(2)28-10-16(26)24-14-8-15(9-14)25-19(27)17-12-4-6-13(7-5-12)18(17)20(21,22)23/h11-15,17-18H,3-10H2,1-2H3,(H,24,26)(H,25,27)/t11?,12?,13?,14?,15?,17-,18-/m0/s1. The molecule has 2 amide bonds. The van der Waals surface area contributed by atoms with Crippen LogP contribution < -0.4 is 10.6 Å². The van der Waals surface area contributed by atoms with E-state index in [0.29, 0.717) is 25.7 Å². The van der Waals surface area contributed by atoms with E-state index in [1.54, 1.807) is 0 Å². The first-order valence-electron chi connectivity index (χ1n) is 10.5. The van der Waals surface area contributed by atoms with Crippen LogP contribution in [0.3, 0.4) is 0 Å². The van der Waals surface area contributed by atoms with Crippen molar-refractivity contribution in [1.29, 1.82) is 0 Å². The highest BCUT2D eigenvalue weighted by atomic mass is 19.4. The number of rotatable bonds is 7. The maximum Gasteiger partial charge on any atom is 0.392 e. The van der Waals surface area contributed by atoms with Gasteiger partial charge in [-0.05, 0) is 63.7 Å². The second-order valence-corrected chi connectivity index (χ2v) is 8.74. The van der Waals surface area contributed by atoms with E-state index in [1.165, 1.54) is 0 Å². The van der Waals surface area contributed by atoms with Crippen molar-refractivity contribution in [1.82, 2.24) is 10.6 Å². The lowest BCUT2D eigenvalue weighted by molar-refractivity contribution is -0.229. The van der Waals surface area contributed by atoms with Gasteiger partial charge in [-0.25, -0.2) is 0 Å². The van der Waals surface area contributed by atoms with Gasteiger partial charge in [-0.3, -0.25) is 9.59 Å². The molecule has 2 N–H and O–H groups in total. The third-order valence-electron chi connectivity index (χ3n) is 6.82. The smallest absolute Gasteiger partial charge is 0.369 e. The molecule has 0 aromatic carbocycles. The van der Waals surface area contributed by atoms with Gasteiger partial charge in [0.2, 0.25) is 11.8 Å². The van der Waals surface area contributed by atoms with Gasteiger partial charge in [0.15, 0.2) is 0 Å². The monoisotopic (exact) mass is 404 g/mol. The van der Waals surface area contributed by atoms with Crippen LogP contribution in [-0.4, -0.2) is 42.8 Å². The topological polar surface area (TPSA) is 67.4 Å². The maximum atomic E-state index is 13.6. The van der Waals surface area contributed by atoms with E-state index >= 15 is 0 Å². The van der Waals surface area contributed by atoms with Crippen LogP contribution in [-0.2, 0) is 14.3 Å². The molecule has 8 heteroatoms. The Balaban J connectivity index is 1.45. The van der Waals surface area contributed by atoms with Gasteiger partial charge in [0.1, 0.15) is 6.61 Å². The van der Waals surface area contributed by atoms with Crippen LogP contribution >= 0.6 is 0 Å². The SMILES string of the molecule is CCC(C)OCC(=O)NC1CC(NC(=O)[C@H]2C3CCC(CC3)[C@@H]2C(F)(F)F)C1. The summed E-state index contributed by atoms with van der Waals surface area (Å²) in [6.45, 7) is 3.87. The van der Waals surface area contributed by atoms with Crippen molar-refractivity contribution in [2.45, 2.75) is 83.2 Å². The molecule has 0 aromatic heterocycles. The van der Waals surface area contributed by atoms with Crippen LogP contribution in [0.4, 0.5) is 13.2 Å². The average molecular weight is 404 g/mol. The molecule has 0 saturated heterocycles. The largest absolute Gasteiger partial charge is 0.392 e. The van der Waals surface area contributed by atoms with Gasteiger partial charge in [-0.2, -0.15) is 13.2 Å². The molecule has 160 valence electrons. The summed E-state index contributed by atoms with van der Waals surface area (Å²) >= 11 is 0. The van der Waals surface area contributed by atoms with Gasteiger partial charge in [0.05, 0.1) is 17.9 Å². The molecular formula is C20H31F3N2O3. The number of carbonyl (C=O) groups is 2. The van der Waals surface area contributed by atoms with E-state index in [0.717, 1.165) is 19.3 Å². The number of alkyl halides is 3. The molecule has 2 bridgehead atoms. The summed E-state index contributed by atoms with van der Waals surface area (Å²) in [5, 5.41) is 5.66. The Hall–Kier alpha value is -1.31. The lowest BCUT2D eigenvalue weighted by Crippen LogP contribution is -2.58. The highest BCUT2D eigenvalue weighted by molar-refractivity contribution is 5.80. The van der Waals surface area contributed by atoms with Gasteiger partial charge in [-0.1, -0.05) is 6.92 Å². The quantitative estimate of drug-likeness (QED) is 0.685. The number of ether oxygens (including phenoxy) is 1. The predicted octanol–water partition coefficient (Wildman–Crippen LogP) is 3.18. The summed E-state index contributed by atoms with van der Waals surface area (Å²) in [4.78, 5) is 24.5. The summed E-state index contributed by atoms with van der Waals surface area (Å²) in [5.41, 5.74) is 0. The maximum absolute atomic E-state index is 13.6. The van der Waals surface area contributed by atoms with Crippen LogP contribution in [0.25, 0.3) is 0 Å². The summed E-state index contributed by atoms with van der Waals surface area (Å²) in [6.07, 6.45) is 0.223. The second-order valence-electron chi connectivity index (χ2n) is 8.74. The van der Waals surface area contributed by atoms with Gasteiger partial charge in [0.25, 0.3) is 0 Å². The van der Waals surface area contributed by atoms with Crippen LogP contribution in [0, 0.1) is 23.7 Å². The van der Waals surface area contributed by atoms with Crippen molar-refractivity contribution in [3.8, 4) is 0 Å². The molecule has 4 saturated carbocycles. The molecule has 4 fully saturated rings. The zero-order valence-electron chi connectivity index (χ0n) is 16.6. The molecule has 28 heavy (non-hydrogen) atoms. The molecule has 4 aliphatic rings. The number of amides is 2. The van der Waals surface area contributed by atoms with E-state index in [9.17, 15) is 22.8 Å². The molecule has 5 nitrogen and oxygen atoms in total. The minimum atomic E-state index is -4.32. The van der Waals surface area contributed by atoms with Crippen LogP contribution in [0.15, 0.2) is 0 Å². The van der Waals surface area contributed by atoms with E-state index < -0.39 is 29.8 Å². The zero-order chi connectivity index (χ0) is 20.5. The number of hydrogen-bond acceptors (Lipinski definition) is 3. The summed E-state index contributed by atoms with van der Waals surface area (Å²) < 4.78 is 46.1. The van der Waals surface area contributed by atoms with Crippen LogP contribution in [0.5, 0.6) is 0 Å². The summed E-state index contributed by atoms with van der Waals surface area (Å²) in [5.74, 6) is -3.69. The lowest BCUT2D eigenvalue weighted by Gasteiger charge is -2.49. The fraction of sp³-hybridized carbons (Fsp3) is 0.900. The molecule has 4 aliphatic carbocycles. The van der Waals surface area contributed by atoms with Crippen LogP contribution in [0.2, 0.25) is 0 Å². The molecule has 4 rings (SSSR count). The molecule has 0 radical (unpaired) electrons. The Morgan fingerprint density at radius 2 is 1.61 bits per heavy atom. The Labute approximate surface area is 164 Å². The minimum Gasteiger partial charge on any atom is -0.369 e.